The van der Waals surface area contributed by atoms with Crippen LogP contribution in [0.3, 0.4) is 0 Å². The van der Waals surface area contributed by atoms with Gasteiger partial charge in [-0.05, 0) is 18.8 Å². The minimum atomic E-state index is -0.472. The molecule has 0 heterocycles. The van der Waals surface area contributed by atoms with Crippen LogP contribution in [-0.2, 0) is 4.74 Å². The summed E-state index contributed by atoms with van der Waals surface area (Å²) in [5, 5.41) is 13.4. The predicted molar refractivity (Wildman–Crippen MR) is 75.9 cm³/mol. The van der Waals surface area contributed by atoms with Crippen LogP contribution in [0.2, 0.25) is 0 Å². The zero-order valence-corrected chi connectivity index (χ0v) is 12.1. The van der Waals surface area contributed by atoms with E-state index in [4.69, 9.17) is 16.3 Å². The van der Waals surface area contributed by atoms with E-state index < -0.39 is 6.10 Å². The molecule has 3 nitrogen and oxygen atoms in total. The summed E-state index contributed by atoms with van der Waals surface area (Å²) >= 11 is 5.63. The van der Waals surface area contributed by atoms with Crippen LogP contribution < -0.4 is 5.32 Å². The van der Waals surface area contributed by atoms with Gasteiger partial charge < -0.3 is 15.2 Å². The molecule has 0 spiro atoms. The molecule has 3 atom stereocenters. The van der Waals surface area contributed by atoms with Gasteiger partial charge in [0.2, 0.25) is 0 Å². The molecule has 4 heteroatoms. The normalized spacial score (nSPS) is 25.9. The van der Waals surface area contributed by atoms with Crippen LogP contribution in [0.1, 0.15) is 39.0 Å². The van der Waals surface area contributed by atoms with E-state index >= 15 is 0 Å². The Morgan fingerprint density at radius 1 is 1.50 bits per heavy atom. The van der Waals surface area contributed by atoms with E-state index in [-0.39, 0.29) is 0 Å². The lowest BCUT2D eigenvalue weighted by Crippen LogP contribution is -2.35. The van der Waals surface area contributed by atoms with Crippen LogP contribution in [0.4, 0.5) is 0 Å². The molecule has 0 aromatic heterocycles. The summed E-state index contributed by atoms with van der Waals surface area (Å²) in [5.41, 5.74) is 0. The molecule has 106 valence electrons. The zero-order chi connectivity index (χ0) is 13.4. The average molecular weight is 276 g/mol. The fourth-order valence-electron chi connectivity index (χ4n) is 2.53. The first-order chi connectivity index (χ1) is 8.63. The number of halogens is 1. The first-order valence-corrected chi connectivity index (χ1v) is 7.35. The Balaban J connectivity index is 2.16. The highest BCUT2D eigenvalue weighted by Gasteiger charge is 2.24. The summed E-state index contributed by atoms with van der Waals surface area (Å²) < 4.78 is 5.86. The minimum absolute atomic E-state index is 0.335. The summed E-state index contributed by atoms with van der Waals surface area (Å²) in [5.74, 6) is 0.668. The molecule has 1 aliphatic carbocycles. The maximum Gasteiger partial charge on any atom is 0.0897 e. The first kappa shape index (κ1) is 16.0. The Hall–Kier alpha value is -0.0900. The third-order valence-electron chi connectivity index (χ3n) is 3.56. The van der Waals surface area contributed by atoms with E-state index in [0.717, 1.165) is 6.42 Å². The third-order valence-corrected chi connectivity index (χ3v) is 3.70. The smallest absolute Gasteiger partial charge is 0.0897 e. The van der Waals surface area contributed by atoms with Crippen molar-refractivity contribution >= 4 is 11.6 Å². The summed E-state index contributed by atoms with van der Waals surface area (Å²) in [7, 11) is 0. The summed E-state index contributed by atoms with van der Waals surface area (Å²) in [6, 6.07) is 0. The van der Waals surface area contributed by atoms with Crippen molar-refractivity contribution in [2.24, 2.45) is 5.92 Å². The minimum Gasteiger partial charge on any atom is -0.389 e. The zero-order valence-electron chi connectivity index (χ0n) is 11.3. The SMILES string of the molecule is C=C(Cl)CNCC(O)COC1CCCCC1CC. The molecular weight excluding hydrogens is 250 g/mol. The van der Waals surface area contributed by atoms with Crippen molar-refractivity contribution in [3.8, 4) is 0 Å². The van der Waals surface area contributed by atoms with Crippen molar-refractivity contribution in [3.05, 3.63) is 11.6 Å². The Bertz CT molecular complexity index is 248. The van der Waals surface area contributed by atoms with Crippen molar-refractivity contribution in [3.63, 3.8) is 0 Å². The van der Waals surface area contributed by atoms with Gasteiger partial charge in [-0.25, -0.2) is 0 Å². The fraction of sp³-hybridized carbons (Fsp3) is 0.857. The van der Waals surface area contributed by atoms with Crippen LogP contribution in [0.5, 0.6) is 0 Å². The van der Waals surface area contributed by atoms with Crippen molar-refractivity contribution in [2.75, 3.05) is 19.7 Å². The van der Waals surface area contributed by atoms with Crippen molar-refractivity contribution in [1.29, 1.82) is 0 Å². The molecule has 0 radical (unpaired) electrons. The molecule has 0 amide bonds. The van der Waals surface area contributed by atoms with Crippen LogP contribution in [0.15, 0.2) is 11.6 Å². The lowest BCUT2D eigenvalue weighted by molar-refractivity contribution is -0.0497. The Labute approximate surface area is 116 Å². The van der Waals surface area contributed by atoms with E-state index in [0.29, 0.717) is 36.8 Å². The molecule has 0 bridgehead atoms. The molecule has 3 unspecified atom stereocenters. The Morgan fingerprint density at radius 2 is 2.22 bits per heavy atom. The van der Waals surface area contributed by atoms with E-state index in [1.807, 2.05) is 0 Å². The number of hydrogen-bond acceptors (Lipinski definition) is 3. The number of hydrogen-bond donors (Lipinski definition) is 2. The van der Waals surface area contributed by atoms with Crippen LogP contribution in [0.25, 0.3) is 0 Å². The molecular formula is C14H26ClNO2. The second-order valence-corrected chi connectivity index (χ2v) is 5.66. The second-order valence-electron chi connectivity index (χ2n) is 5.13. The molecule has 0 saturated heterocycles. The lowest BCUT2D eigenvalue weighted by atomic mass is 9.85. The number of ether oxygens (including phenoxy) is 1. The van der Waals surface area contributed by atoms with Gasteiger partial charge in [0.1, 0.15) is 0 Å². The number of aliphatic hydroxyl groups is 1. The van der Waals surface area contributed by atoms with Gasteiger partial charge in [-0.2, -0.15) is 0 Å². The highest BCUT2D eigenvalue weighted by Crippen LogP contribution is 2.29. The third kappa shape index (κ3) is 6.19. The standard InChI is InChI=1S/C14H26ClNO2/c1-3-12-6-4-5-7-14(12)18-10-13(17)9-16-8-11(2)15/h12-14,16-17H,2-10H2,1H3. The van der Waals surface area contributed by atoms with Crippen molar-refractivity contribution < 1.29 is 9.84 Å². The molecule has 1 aliphatic rings. The van der Waals surface area contributed by atoms with Gasteiger partial charge in [0.15, 0.2) is 0 Å². The maximum atomic E-state index is 9.79. The predicted octanol–water partition coefficient (Wildman–Crippen LogP) is 2.67. The number of nitrogens with one attached hydrogen (secondary N) is 1. The summed E-state index contributed by atoms with van der Waals surface area (Å²) in [4.78, 5) is 0. The maximum absolute atomic E-state index is 9.79. The molecule has 2 N–H and O–H groups in total. The molecule has 1 saturated carbocycles. The summed E-state index contributed by atoms with van der Waals surface area (Å²) in [6.45, 7) is 7.23. The van der Waals surface area contributed by atoms with Crippen LogP contribution in [-0.4, -0.2) is 37.0 Å². The van der Waals surface area contributed by atoms with E-state index in [2.05, 4.69) is 18.8 Å². The molecule has 0 aromatic carbocycles. The first-order valence-electron chi connectivity index (χ1n) is 6.97. The fourth-order valence-corrected chi connectivity index (χ4v) is 2.62. The van der Waals surface area contributed by atoms with E-state index in [1.165, 1.54) is 25.7 Å². The molecule has 0 aromatic rings. The van der Waals surface area contributed by atoms with Crippen LogP contribution >= 0.6 is 11.6 Å². The van der Waals surface area contributed by atoms with Gasteiger partial charge in [-0.3, -0.25) is 0 Å². The van der Waals surface area contributed by atoms with E-state index in [9.17, 15) is 5.11 Å². The monoisotopic (exact) mass is 275 g/mol. The van der Waals surface area contributed by atoms with Gasteiger partial charge >= 0.3 is 0 Å². The number of rotatable bonds is 8. The highest BCUT2D eigenvalue weighted by molar-refractivity contribution is 6.29. The molecule has 1 rings (SSSR count). The average Bonchev–Trinajstić information content (AvgIpc) is 2.36. The Morgan fingerprint density at radius 3 is 2.89 bits per heavy atom. The largest absolute Gasteiger partial charge is 0.389 e. The molecule has 18 heavy (non-hydrogen) atoms. The van der Waals surface area contributed by atoms with Gasteiger partial charge in [0.25, 0.3) is 0 Å². The van der Waals surface area contributed by atoms with Crippen LogP contribution in [0, 0.1) is 5.92 Å². The Kier molecular flexibility index (Phi) is 7.91. The molecule has 0 aliphatic heterocycles. The molecule has 1 fully saturated rings. The van der Waals surface area contributed by atoms with Gasteiger partial charge in [-0.1, -0.05) is 44.4 Å². The van der Waals surface area contributed by atoms with Gasteiger partial charge in [0.05, 0.1) is 18.8 Å². The van der Waals surface area contributed by atoms with Crippen molar-refractivity contribution in [2.45, 2.75) is 51.2 Å². The van der Waals surface area contributed by atoms with Gasteiger partial charge in [0, 0.05) is 18.1 Å². The van der Waals surface area contributed by atoms with Gasteiger partial charge in [-0.15, -0.1) is 0 Å². The quantitative estimate of drug-likeness (QED) is 0.716. The van der Waals surface area contributed by atoms with E-state index in [1.54, 1.807) is 0 Å². The number of aliphatic hydroxyl groups excluding tert-OH is 1. The highest BCUT2D eigenvalue weighted by atomic mass is 35.5. The van der Waals surface area contributed by atoms with Crippen molar-refractivity contribution in [1.82, 2.24) is 5.32 Å². The topological polar surface area (TPSA) is 41.5 Å². The lowest BCUT2D eigenvalue weighted by Gasteiger charge is -2.31. The summed E-state index contributed by atoms with van der Waals surface area (Å²) in [6.07, 6.45) is 6.01. The second kappa shape index (κ2) is 8.92.